The van der Waals surface area contributed by atoms with E-state index in [1.807, 2.05) is 25.1 Å². The quantitative estimate of drug-likeness (QED) is 0.608. The van der Waals surface area contributed by atoms with E-state index in [0.29, 0.717) is 43.9 Å². The first-order valence-electron chi connectivity index (χ1n) is 11.4. The number of nitrogens with zero attached hydrogens (tertiary/aromatic N) is 3. The van der Waals surface area contributed by atoms with Crippen molar-refractivity contribution in [1.29, 1.82) is 0 Å². The first-order valence-corrected chi connectivity index (χ1v) is 11.4. The van der Waals surface area contributed by atoms with Crippen molar-refractivity contribution in [2.45, 2.75) is 76.4 Å². The van der Waals surface area contributed by atoms with E-state index in [1.165, 1.54) is 6.92 Å². The summed E-state index contributed by atoms with van der Waals surface area (Å²) < 4.78 is 5.18. The Morgan fingerprint density at radius 1 is 1.25 bits per heavy atom. The average molecular weight is 443 g/mol. The zero-order valence-electron chi connectivity index (χ0n) is 19.2. The SMILES string of the molecule is CCc1noc(CCC(=O)N(C)[C@@H]2CC[C@@](CNC(C)=O)(c3ccccc3)CC[C@H]2O)n1. The van der Waals surface area contributed by atoms with E-state index < -0.39 is 6.10 Å². The number of amides is 2. The fourth-order valence-corrected chi connectivity index (χ4v) is 4.57. The van der Waals surface area contributed by atoms with Crippen molar-refractivity contribution < 1.29 is 19.2 Å². The highest BCUT2D eigenvalue weighted by Gasteiger charge is 2.39. The minimum atomic E-state index is -0.623. The van der Waals surface area contributed by atoms with Gasteiger partial charge in [0.2, 0.25) is 17.7 Å². The van der Waals surface area contributed by atoms with Crippen molar-refractivity contribution >= 4 is 11.8 Å². The molecule has 2 amide bonds. The molecule has 2 N–H and O–H groups in total. The number of aromatic nitrogens is 2. The lowest BCUT2D eigenvalue weighted by Gasteiger charge is -2.34. The van der Waals surface area contributed by atoms with Gasteiger partial charge >= 0.3 is 0 Å². The molecule has 1 heterocycles. The Morgan fingerprint density at radius 2 is 1.97 bits per heavy atom. The van der Waals surface area contributed by atoms with Crippen molar-refractivity contribution in [3.63, 3.8) is 0 Å². The first kappa shape index (κ1) is 23.9. The van der Waals surface area contributed by atoms with Gasteiger partial charge in [0.05, 0.1) is 12.1 Å². The Kier molecular flexibility index (Phi) is 8.01. The number of aryl methyl sites for hydroxylation is 2. The maximum Gasteiger partial charge on any atom is 0.227 e. The summed E-state index contributed by atoms with van der Waals surface area (Å²) in [6.07, 6.45) is 3.41. The summed E-state index contributed by atoms with van der Waals surface area (Å²) in [6, 6.07) is 9.86. The van der Waals surface area contributed by atoms with Crippen molar-refractivity contribution in [2.24, 2.45) is 0 Å². The number of likely N-dealkylation sites (N-methyl/N-ethyl adjacent to an activating group) is 1. The van der Waals surface area contributed by atoms with Crippen LogP contribution in [0, 0.1) is 0 Å². The Labute approximate surface area is 189 Å². The van der Waals surface area contributed by atoms with Gasteiger partial charge in [0.25, 0.3) is 0 Å². The molecule has 0 bridgehead atoms. The van der Waals surface area contributed by atoms with Crippen molar-refractivity contribution in [1.82, 2.24) is 20.4 Å². The first-order chi connectivity index (χ1) is 15.3. The zero-order valence-corrected chi connectivity index (χ0v) is 19.2. The largest absolute Gasteiger partial charge is 0.391 e. The predicted octanol–water partition coefficient (Wildman–Crippen LogP) is 2.40. The van der Waals surface area contributed by atoms with Gasteiger partial charge in [-0.1, -0.05) is 42.4 Å². The van der Waals surface area contributed by atoms with Crippen LogP contribution in [-0.2, 0) is 27.8 Å². The lowest BCUT2D eigenvalue weighted by molar-refractivity contribution is -0.134. The summed E-state index contributed by atoms with van der Waals surface area (Å²) in [5.74, 6) is 0.973. The molecule has 0 saturated heterocycles. The second-order valence-electron chi connectivity index (χ2n) is 8.73. The Hall–Kier alpha value is -2.74. The summed E-state index contributed by atoms with van der Waals surface area (Å²) in [5, 5.41) is 17.8. The van der Waals surface area contributed by atoms with Crippen LogP contribution < -0.4 is 5.32 Å². The topological polar surface area (TPSA) is 109 Å². The minimum absolute atomic E-state index is 0.0561. The molecule has 1 aromatic carbocycles. The fourth-order valence-electron chi connectivity index (χ4n) is 4.57. The molecule has 1 aromatic heterocycles. The van der Waals surface area contributed by atoms with Crippen LogP contribution >= 0.6 is 0 Å². The number of aliphatic hydroxyl groups excluding tert-OH is 1. The lowest BCUT2D eigenvalue weighted by atomic mass is 9.74. The highest BCUT2D eigenvalue weighted by molar-refractivity contribution is 5.76. The van der Waals surface area contributed by atoms with Crippen molar-refractivity contribution in [2.75, 3.05) is 13.6 Å². The molecule has 0 aliphatic heterocycles. The highest BCUT2D eigenvalue weighted by atomic mass is 16.5. The smallest absolute Gasteiger partial charge is 0.227 e. The molecule has 1 aliphatic rings. The van der Waals surface area contributed by atoms with Crippen molar-refractivity contribution in [3.8, 4) is 0 Å². The maximum atomic E-state index is 12.9. The van der Waals surface area contributed by atoms with Crippen LogP contribution in [0.15, 0.2) is 34.9 Å². The predicted molar refractivity (Wildman–Crippen MR) is 120 cm³/mol. The van der Waals surface area contributed by atoms with Crippen LogP contribution in [0.25, 0.3) is 0 Å². The molecule has 1 saturated carbocycles. The number of carbonyl (C=O) groups excluding carboxylic acids is 2. The molecule has 2 aromatic rings. The normalized spacial score (nSPS) is 23.4. The van der Waals surface area contributed by atoms with E-state index >= 15 is 0 Å². The Bertz CT molecular complexity index is 900. The number of carbonyl (C=O) groups is 2. The fraction of sp³-hybridized carbons (Fsp3) is 0.583. The van der Waals surface area contributed by atoms with Crippen LogP contribution in [0.1, 0.15) is 63.2 Å². The molecule has 0 radical (unpaired) electrons. The zero-order chi connectivity index (χ0) is 23.1. The molecule has 1 fully saturated rings. The number of benzene rings is 1. The van der Waals surface area contributed by atoms with E-state index in [2.05, 4.69) is 27.6 Å². The summed E-state index contributed by atoms with van der Waals surface area (Å²) >= 11 is 0. The lowest BCUT2D eigenvalue weighted by Crippen LogP contribution is -2.44. The van der Waals surface area contributed by atoms with Gasteiger partial charge in [-0.05, 0) is 31.2 Å². The van der Waals surface area contributed by atoms with Gasteiger partial charge in [-0.25, -0.2) is 0 Å². The van der Waals surface area contributed by atoms with Crippen molar-refractivity contribution in [3.05, 3.63) is 47.6 Å². The van der Waals surface area contributed by atoms with E-state index in [4.69, 9.17) is 4.52 Å². The third kappa shape index (κ3) is 5.73. The molecule has 3 rings (SSSR count). The van der Waals surface area contributed by atoms with Gasteiger partial charge in [0.15, 0.2) is 5.82 Å². The molecule has 32 heavy (non-hydrogen) atoms. The van der Waals surface area contributed by atoms with Crippen LogP contribution in [0.3, 0.4) is 0 Å². The minimum Gasteiger partial charge on any atom is -0.391 e. The van der Waals surface area contributed by atoms with Crippen LogP contribution in [0.4, 0.5) is 0 Å². The number of hydrogen-bond acceptors (Lipinski definition) is 6. The monoisotopic (exact) mass is 442 g/mol. The summed E-state index contributed by atoms with van der Waals surface area (Å²) in [6.45, 7) is 3.98. The molecule has 8 nitrogen and oxygen atoms in total. The molecule has 8 heteroatoms. The number of aliphatic hydroxyl groups is 1. The summed E-state index contributed by atoms with van der Waals surface area (Å²) in [5.41, 5.74) is 0.881. The van der Waals surface area contributed by atoms with E-state index in [1.54, 1.807) is 11.9 Å². The molecule has 1 aliphatic carbocycles. The number of hydrogen-bond donors (Lipinski definition) is 2. The van der Waals surface area contributed by atoms with E-state index in [9.17, 15) is 14.7 Å². The molecule has 0 unspecified atom stereocenters. The van der Waals surface area contributed by atoms with Gasteiger partial charge in [0.1, 0.15) is 0 Å². The van der Waals surface area contributed by atoms with Gasteiger partial charge in [-0.15, -0.1) is 0 Å². The summed E-state index contributed by atoms with van der Waals surface area (Å²) in [4.78, 5) is 30.4. The van der Waals surface area contributed by atoms with Crippen LogP contribution in [0.5, 0.6) is 0 Å². The van der Waals surface area contributed by atoms with Crippen LogP contribution in [0.2, 0.25) is 0 Å². The van der Waals surface area contributed by atoms with E-state index in [-0.39, 0.29) is 29.7 Å². The maximum absolute atomic E-state index is 12.9. The van der Waals surface area contributed by atoms with Crippen LogP contribution in [-0.4, -0.2) is 57.7 Å². The molecule has 3 atom stereocenters. The van der Waals surface area contributed by atoms with Gasteiger partial charge in [-0.3, -0.25) is 9.59 Å². The third-order valence-electron chi connectivity index (χ3n) is 6.61. The van der Waals surface area contributed by atoms with E-state index in [0.717, 1.165) is 18.4 Å². The Morgan fingerprint density at radius 3 is 2.62 bits per heavy atom. The second kappa shape index (κ2) is 10.7. The molecular weight excluding hydrogens is 408 g/mol. The number of nitrogens with one attached hydrogen (secondary N) is 1. The van der Waals surface area contributed by atoms with Gasteiger partial charge in [0, 0.05) is 45.2 Å². The third-order valence-corrected chi connectivity index (χ3v) is 6.61. The molecule has 174 valence electrons. The Balaban J connectivity index is 1.69. The number of rotatable bonds is 8. The highest BCUT2D eigenvalue weighted by Crippen LogP contribution is 2.39. The van der Waals surface area contributed by atoms with Gasteiger partial charge < -0.3 is 19.8 Å². The molecular formula is C24H34N4O4. The molecule has 0 spiro atoms. The summed E-state index contributed by atoms with van der Waals surface area (Å²) in [7, 11) is 1.75. The average Bonchev–Trinajstić information content (AvgIpc) is 3.20. The second-order valence-corrected chi connectivity index (χ2v) is 8.73. The standard InChI is InChI=1S/C24H34N4O4/c1-4-21-26-22(32-27-21)10-11-23(31)28(3)19-12-14-24(15-13-20(19)30,16-25-17(2)29)18-8-6-5-7-9-18/h5-9,19-20,30H,4,10-16H2,1-3H3,(H,25,29)/t19-,20-,24-/m1/s1. The van der Waals surface area contributed by atoms with Gasteiger partial charge in [-0.2, -0.15) is 4.98 Å².